The van der Waals surface area contributed by atoms with E-state index in [4.69, 9.17) is 0 Å². The van der Waals surface area contributed by atoms with E-state index < -0.39 is 0 Å². The van der Waals surface area contributed by atoms with Gasteiger partial charge in [0.2, 0.25) is 5.91 Å². The molecular formula is C13H26N2O. The molecule has 94 valence electrons. The van der Waals surface area contributed by atoms with Gasteiger partial charge in [0, 0.05) is 12.0 Å². The number of rotatable bonds is 7. The third kappa shape index (κ3) is 3.48. The maximum absolute atomic E-state index is 12.1. The summed E-state index contributed by atoms with van der Waals surface area (Å²) in [5.74, 6) is 0.295. The van der Waals surface area contributed by atoms with Crippen molar-refractivity contribution in [3.63, 3.8) is 0 Å². The van der Waals surface area contributed by atoms with E-state index in [0.29, 0.717) is 5.91 Å². The molecule has 0 unspecified atom stereocenters. The maximum atomic E-state index is 12.1. The zero-order valence-electron chi connectivity index (χ0n) is 10.8. The van der Waals surface area contributed by atoms with Crippen molar-refractivity contribution in [2.75, 3.05) is 19.6 Å². The van der Waals surface area contributed by atoms with Crippen LogP contribution in [0.15, 0.2) is 0 Å². The summed E-state index contributed by atoms with van der Waals surface area (Å²) in [6.07, 6.45) is 6.63. The van der Waals surface area contributed by atoms with Gasteiger partial charge in [-0.3, -0.25) is 4.79 Å². The molecule has 0 spiro atoms. The van der Waals surface area contributed by atoms with Gasteiger partial charge in [0.25, 0.3) is 0 Å². The predicted octanol–water partition coefficient (Wildman–Crippen LogP) is 2.07. The Morgan fingerprint density at radius 2 is 1.88 bits per heavy atom. The van der Waals surface area contributed by atoms with Crippen molar-refractivity contribution < 1.29 is 4.79 Å². The molecule has 2 N–H and O–H groups in total. The normalized spacial score (nSPS) is 18.6. The van der Waals surface area contributed by atoms with Crippen LogP contribution in [0.2, 0.25) is 0 Å². The summed E-state index contributed by atoms with van der Waals surface area (Å²) in [5, 5.41) is 6.36. The van der Waals surface area contributed by atoms with Crippen LogP contribution in [0.3, 0.4) is 0 Å². The van der Waals surface area contributed by atoms with Crippen LogP contribution in [-0.4, -0.2) is 25.5 Å². The summed E-state index contributed by atoms with van der Waals surface area (Å²) >= 11 is 0. The van der Waals surface area contributed by atoms with Gasteiger partial charge in [-0.25, -0.2) is 0 Å². The number of nitrogens with one attached hydrogen (secondary N) is 2. The highest BCUT2D eigenvalue weighted by atomic mass is 16.2. The van der Waals surface area contributed by atoms with Gasteiger partial charge in [-0.05, 0) is 38.8 Å². The van der Waals surface area contributed by atoms with Crippen molar-refractivity contribution in [1.82, 2.24) is 10.6 Å². The van der Waals surface area contributed by atoms with Crippen molar-refractivity contribution >= 4 is 5.91 Å². The van der Waals surface area contributed by atoms with Crippen molar-refractivity contribution in [1.29, 1.82) is 0 Å². The number of hydrogen-bond acceptors (Lipinski definition) is 2. The summed E-state index contributed by atoms with van der Waals surface area (Å²) in [4.78, 5) is 12.1. The van der Waals surface area contributed by atoms with Gasteiger partial charge in [0.05, 0.1) is 0 Å². The Bertz CT molecular complexity index is 210. The highest BCUT2D eigenvalue weighted by Gasteiger charge is 2.38. The lowest BCUT2D eigenvalue weighted by atomic mass is 9.82. The molecule has 0 bridgehead atoms. The lowest BCUT2D eigenvalue weighted by molar-refractivity contribution is -0.131. The molecule has 1 amide bonds. The van der Waals surface area contributed by atoms with Gasteiger partial charge >= 0.3 is 0 Å². The van der Waals surface area contributed by atoms with Crippen molar-refractivity contribution in [2.24, 2.45) is 5.41 Å². The third-order valence-electron chi connectivity index (χ3n) is 3.78. The van der Waals surface area contributed by atoms with E-state index in [-0.39, 0.29) is 5.41 Å². The molecule has 0 aromatic heterocycles. The van der Waals surface area contributed by atoms with E-state index in [1.54, 1.807) is 0 Å². The average Bonchev–Trinajstić information content (AvgIpc) is 2.78. The second-order valence-corrected chi connectivity index (χ2v) is 4.80. The van der Waals surface area contributed by atoms with E-state index >= 15 is 0 Å². The fourth-order valence-corrected chi connectivity index (χ4v) is 2.57. The molecule has 1 aliphatic rings. The predicted molar refractivity (Wildman–Crippen MR) is 67.4 cm³/mol. The zero-order valence-corrected chi connectivity index (χ0v) is 10.8. The quantitative estimate of drug-likeness (QED) is 0.653. The minimum Gasteiger partial charge on any atom is -0.356 e. The highest BCUT2D eigenvalue weighted by Crippen LogP contribution is 2.40. The standard InChI is InChI=1S/C13H26N2O/c1-3-13(8-5-6-9-13)12(16)15-11-7-10-14-4-2/h14H,3-11H2,1-2H3,(H,15,16). The Morgan fingerprint density at radius 3 is 2.44 bits per heavy atom. The van der Waals surface area contributed by atoms with Gasteiger partial charge in [-0.2, -0.15) is 0 Å². The zero-order chi connectivity index (χ0) is 11.9. The van der Waals surface area contributed by atoms with Crippen LogP contribution in [0.25, 0.3) is 0 Å². The van der Waals surface area contributed by atoms with Crippen LogP contribution in [0.4, 0.5) is 0 Å². The van der Waals surface area contributed by atoms with E-state index in [9.17, 15) is 4.79 Å². The van der Waals surface area contributed by atoms with Gasteiger partial charge in [-0.1, -0.05) is 26.7 Å². The van der Waals surface area contributed by atoms with Gasteiger partial charge in [-0.15, -0.1) is 0 Å². The fourth-order valence-electron chi connectivity index (χ4n) is 2.57. The molecule has 3 heteroatoms. The first-order valence-corrected chi connectivity index (χ1v) is 6.74. The van der Waals surface area contributed by atoms with Crippen LogP contribution in [0, 0.1) is 5.41 Å². The molecule has 1 saturated carbocycles. The van der Waals surface area contributed by atoms with Crippen LogP contribution in [-0.2, 0) is 4.79 Å². The van der Waals surface area contributed by atoms with Crippen LogP contribution < -0.4 is 10.6 Å². The Morgan fingerprint density at radius 1 is 1.19 bits per heavy atom. The molecule has 0 aromatic rings. The summed E-state index contributed by atoms with van der Waals surface area (Å²) < 4.78 is 0. The Hall–Kier alpha value is -0.570. The molecule has 0 heterocycles. The number of hydrogen-bond donors (Lipinski definition) is 2. The molecule has 0 aromatic carbocycles. The van der Waals surface area contributed by atoms with Crippen LogP contribution >= 0.6 is 0 Å². The van der Waals surface area contributed by atoms with Crippen LogP contribution in [0.1, 0.15) is 52.4 Å². The minimum atomic E-state index is -0.0296. The first-order valence-electron chi connectivity index (χ1n) is 6.74. The molecule has 0 radical (unpaired) electrons. The number of carbonyl (C=O) groups is 1. The third-order valence-corrected chi connectivity index (χ3v) is 3.78. The molecule has 0 atom stereocenters. The van der Waals surface area contributed by atoms with E-state index in [1.165, 1.54) is 12.8 Å². The SMILES string of the molecule is CCNCCCNC(=O)C1(CC)CCCC1. The van der Waals surface area contributed by atoms with E-state index in [2.05, 4.69) is 24.5 Å². The summed E-state index contributed by atoms with van der Waals surface area (Å²) in [6, 6.07) is 0. The lowest BCUT2D eigenvalue weighted by Gasteiger charge is -2.26. The van der Waals surface area contributed by atoms with Crippen molar-refractivity contribution in [2.45, 2.75) is 52.4 Å². The Balaban J connectivity index is 2.22. The molecule has 1 aliphatic carbocycles. The number of amides is 1. The first-order chi connectivity index (χ1) is 7.75. The van der Waals surface area contributed by atoms with Gasteiger partial charge < -0.3 is 10.6 Å². The Labute approximate surface area is 99.4 Å². The molecule has 16 heavy (non-hydrogen) atoms. The molecule has 1 fully saturated rings. The fraction of sp³-hybridized carbons (Fsp3) is 0.923. The summed E-state index contributed by atoms with van der Waals surface area (Å²) in [6.45, 7) is 7.06. The minimum absolute atomic E-state index is 0.0296. The van der Waals surface area contributed by atoms with Crippen molar-refractivity contribution in [3.05, 3.63) is 0 Å². The largest absolute Gasteiger partial charge is 0.356 e. The van der Waals surface area contributed by atoms with E-state index in [0.717, 1.165) is 45.3 Å². The van der Waals surface area contributed by atoms with Gasteiger partial charge in [0.15, 0.2) is 0 Å². The molecule has 3 nitrogen and oxygen atoms in total. The summed E-state index contributed by atoms with van der Waals surface area (Å²) in [5.41, 5.74) is -0.0296. The van der Waals surface area contributed by atoms with Crippen molar-refractivity contribution in [3.8, 4) is 0 Å². The maximum Gasteiger partial charge on any atom is 0.226 e. The number of carbonyl (C=O) groups excluding carboxylic acids is 1. The topological polar surface area (TPSA) is 41.1 Å². The highest BCUT2D eigenvalue weighted by molar-refractivity contribution is 5.82. The van der Waals surface area contributed by atoms with Gasteiger partial charge in [0.1, 0.15) is 0 Å². The molecule has 1 rings (SSSR count). The Kier molecular flexibility index (Phi) is 5.81. The van der Waals surface area contributed by atoms with E-state index in [1.807, 2.05) is 0 Å². The second kappa shape index (κ2) is 6.89. The molecule has 0 saturated heterocycles. The average molecular weight is 226 g/mol. The lowest BCUT2D eigenvalue weighted by Crippen LogP contribution is -2.39. The smallest absolute Gasteiger partial charge is 0.226 e. The molecule has 0 aliphatic heterocycles. The van der Waals surface area contributed by atoms with Crippen LogP contribution in [0.5, 0.6) is 0 Å². The first kappa shape index (κ1) is 13.5. The molecular weight excluding hydrogens is 200 g/mol. The second-order valence-electron chi connectivity index (χ2n) is 4.80. The summed E-state index contributed by atoms with van der Waals surface area (Å²) in [7, 11) is 0. The monoisotopic (exact) mass is 226 g/mol.